The first-order valence-electron chi connectivity index (χ1n) is 6.51. The van der Waals surface area contributed by atoms with Crippen LogP contribution in [0.5, 0.6) is 0 Å². The number of rotatable bonds is 4. The zero-order valence-corrected chi connectivity index (χ0v) is 12.0. The molecule has 0 bridgehead atoms. The van der Waals surface area contributed by atoms with Crippen molar-refractivity contribution in [2.45, 2.75) is 25.4 Å². The van der Waals surface area contributed by atoms with Crippen molar-refractivity contribution in [2.75, 3.05) is 32.1 Å². The smallest absolute Gasteiger partial charge is 0.0410 e. The van der Waals surface area contributed by atoms with Gasteiger partial charge in [0.05, 0.1) is 0 Å². The third-order valence-electron chi connectivity index (χ3n) is 3.83. The average molecular weight is 268 g/mol. The van der Waals surface area contributed by atoms with Gasteiger partial charge in [-0.05, 0) is 50.2 Å². The third kappa shape index (κ3) is 2.97. The van der Waals surface area contributed by atoms with Crippen LogP contribution in [0.2, 0.25) is 5.02 Å². The van der Waals surface area contributed by atoms with Crippen molar-refractivity contribution >= 4 is 17.3 Å². The summed E-state index contributed by atoms with van der Waals surface area (Å²) in [6.45, 7) is 2.79. The summed E-state index contributed by atoms with van der Waals surface area (Å²) in [4.78, 5) is 4.74. The fourth-order valence-electron chi connectivity index (χ4n) is 2.71. The molecule has 1 unspecified atom stereocenters. The Labute approximate surface area is 115 Å². The van der Waals surface area contributed by atoms with Gasteiger partial charge in [0.25, 0.3) is 0 Å². The van der Waals surface area contributed by atoms with Crippen molar-refractivity contribution in [3.8, 4) is 0 Å². The van der Waals surface area contributed by atoms with E-state index in [1.165, 1.54) is 25.1 Å². The first-order valence-corrected chi connectivity index (χ1v) is 6.89. The second-order valence-electron chi connectivity index (χ2n) is 5.13. The van der Waals surface area contributed by atoms with Crippen LogP contribution in [-0.2, 0) is 6.54 Å². The number of halogens is 1. The summed E-state index contributed by atoms with van der Waals surface area (Å²) in [5.74, 6) is 0. The molecule has 18 heavy (non-hydrogen) atoms. The van der Waals surface area contributed by atoms with E-state index in [0.717, 1.165) is 17.1 Å². The Hall–Kier alpha value is -0.770. The van der Waals surface area contributed by atoms with Gasteiger partial charge in [0.2, 0.25) is 0 Å². The monoisotopic (exact) mass is 267 g/mol. The quantitative estimate of drug-likeness (QED) is 0.909. The fraction of sp³-hybridized carbons (Fsp3) is 0.571. The van der Waals surface area contributed by atoms with E-state index < -0.39 is 0 Å². The lowest BCUT2D eigenvalue weighted by atomic mass is 10.1. The second-order valence-corrected chi connectivity index (χ2v) is 5.57. The van der Waals surface area contributed by atoms with E-state index in [1.54, 1.807) is 0 Å². The van der Waals surface area contributed by atoms with Gasteiger partial charge in [0, 0.05) is 36.9 Å². The van der Waals surface area contributed by atoms with Crippen molar-refractivity contribution in [2.24, 2.45) is 5.73 Å². The molecule has 4 heteroatoms. The summed E-state index contributed by atoms with van der Waals surface area (Å²) in [5.41, 5.74) is 8.11. The van der Waals surface area contributed by atoms with Gasteiger partial charge in [-0.1, -0.05) is 11.6 Å². The van der Waals surface area contributed by atoms with E-state index in [2.05, 4.69) is 30.0 Å². The molecular formula is C14H22ClN3. The molecule has 1 atom stereocenters. The molecule has 3 nitrogen and oxygen atoms in total. The van der Waals surface area contributed by atoms with Gasteiger partial charge in [-0.3, -0.25) is 0 Å². The highest BCUT2D eigenvalue weighted by Gasteiger charge is 2.22. The van der Waals surface area contributed by atoms with Gasteiger partial charge in [-0.15, -0.1) is 0 Å². The molecular weight excluding hydrogens is 246 g/mol. The largest absolute Gasteiger partial charge is 0.373 e. The van der Waals surface area contributed by atoms with E-state index in [9.17, 15) is 0 Å². The molecule has 2 N–H and O–H groups in total. The molecule has 1 aliphatic heterocycles. The maximum Gasteiger partial charge on any atom is 0.0410 e. The maximum absolute atomic E-state index is 6.01. The van der Waals surface area contributed by atoms with Crippen molar-refractivity contribution in [1.82, 2.24) is 4.90 Å². The Bertz CT molecular complexity index is 408. The second kappa shape index (κ2) is 5.91. The molecule has 1 heterocycles. The van der Waals surface area contributed by atoms with Crippen LogP contribution >= 0.6 is 11.6 Å². The van der Waals surface area contributed by atoms with Crippen LogP contribution in [0, 0.1) is 0 Å². The van der Waals surface area contributed by atoms with Gasteiger partial charge < -0.3 is 15.5 Å². The highest BCUT2D eigenvalue weighted by molar-refractivity contribution is 6.30. The van der Waals surface area contributed by atoms with E-state index in [1.807, 2.05) is 12.1 Å². The fourth-order valence-corrected chi connectivity index (χ4v) is 2.91. The normalized spacial score (nSPS) is 20.3. The van der Waals surface area contributed by atoms with Gasteiger partial charge in [-0.2, -0.15) is 0 Å². The lowest BCUT2D eigenvalue weighted by Gasteiger charge is -2.28. The molecule has 100 valence electrons. The summed E-state index contributed by atoms with van der Waals surface area (Å²) in [7, 11) is 4.34. The Morgan fingerprint density at radius 1 is 1.50 bits per heavy atom. The first kappa shape index (κ1) is 13.7. The highest BCUT2D eigenvalue weighted by Crippen LogP contribution is 2.25. The van der Waals surface area contributed by atoms with Crippen molar-refractivity contribution < 1.29 is 0 Å². The predicted molar refractivity (Wildman–Crippen MR) is 78.3 cm³/mol. The standard InChI is InChI=1S/C14H22ClN3/c1-17-7-3-4-13(17)10-18(2)14-6-5-12(15)8-11(14)9-16/h5-6,8,13H,3-4,7,9-10,16H2,1-2H3. The number of likely N-dealkylation sites (N-methyl/N-ethyl adjacent to an activating group) is 2. The zero-order chi connectivity index (χ0) is 13.1. The first-order chi connectivity index (χ1) is 8.61. The molecule has 2 rings (SSSR count). The number of anilines is 1. The molecule has 0 saturated carbocycles. The topological polar surface area (TPSA) is 32.5 Å². The van der Waals surface area contributed by atoms with Crippen molar-refractivity contribution in [3.05, 3.63) is 28.8 Å². The molecule has 1 aliphatic rings. The summed E-state index contributed by atoms with van der Waals surface area (Å²) >= 11 is 6.01. The Morgan fingerprint density at radius 3 is 2.89 bits per heavy atom. The highest BCUT2D eigenvalue weighted by atomic mass is 35.5. The zero-order valence-electron chi connectivity index (χ0n) is 11.2. The molecule has 0 radical (unpaired) electrons. The lowest BCUT2D eigenvalue weighted by Crippen LogP contribution is -2.37. The number of likely N-dealkylation sites (tertiary alicyclic amines) is 1. The SMILES string of the molecule is CN(CC1CCCN1C)c1ccc(Cl)cc1CN. The summed E-state index contributed by atoms with van der Waals surface area (Å²) in [6.07, 6.45) is 2.59. The number of hydrogen-bond donors (Lipinski definition) is 1. The molecule has 0 aliphatic carbocycles. The van der Waals surface area contributed by atoms with Gasteiger partial charge in [-0.25, -0.2) is 0 Å². The van der Waals surface area contributed by atoms with Gasteiger partial charge >= 0.3 is 0 Å². The van der Waals surface area contributed by atoms with Crippen molar-refractivity contribution in [1.29, 1.82) is 0 Å². The molecule has 0 amide bonds. The number of benzene rings is 1. The minimum atomic E-state index is 0.529. The van der Waals surface area contributed by atoms with Gasteiger partial charge in [0.1, 0.15) is 0 Å². The number of hydrogen-bond acceptors (Lipinski definition) is 3. The van der Waals surface area contributed by atoms with E-state index in [-0.39, 0.29) is 0 Å². The summed E-state index contributed by atoms with van der Waals surface area (Å²) in [6, 6.07) is 6.62. The van der Waals surface area contributed by atoms with E-state index >= 15 is 0 Å². The van der Waals surface area contributed by atoms with Crippen LogP contribution in [0.15, 0.2) is 18.2 Å². The molecule has 1 aromatic rings. The Balaban J connectivity index is 2.10. The van der Waals surface area contributed by atoms with Crippen LogP contribution < -0.4 is 10.6 Å². The van der Waals surface area contributed by atoms with E-state index in [4.69, 9.17) is 17.3 Å². The third-order valence-corrected chi connectivity index (χ3v) is 4.06. The van der Waals surface area contributed by atoms with Gasteiger partial charge in [0.15, 0.2) is 0 Å². The maximum atomic E-state index is 6.01. The minimum absolute atomic E-state index is 0.529. The van der Waals surface area contributed by atoms with Crippen LogP contribution in [0.1, 0.15) is 18.4 Å². The van der Waals surface area contributed by atoms with Crippen LogP contribution in [0.3, 0.4) is 0 Å². The molecule has 1 fully saturated rings. The summed E-state index contributed by atoms with van der Waals surface area (Å²) in [5, 5.41) is 0.755. The molecule has 1 saturated heterocycles. The average Bonchev–Trinajstić information content (AvgIpc) is 2.74. The number of nitrogens with zero attached hydrogens (tertiary/aromatic N) is 2. The Morgan fingerprint density at radius 2 is 2.28 bits per heavy atom. The minimum Gasteiger partial charge on any atom is -0.373 e. The van der Waals surface area contributed by atoms with Crippen LogP contribution in [0.25, 0.3) is 0 Å². The summed E-state index contributed by atoms with van der Waals surface area (Å²) < 4.78 is 0. The predicted octanol–water partition coefficient (Wildman–Crippen LogP) is 2.33. The Kier molecular flexibility index (Phi) is 4.49. The number of nitrogens with two attached hydrogens (primary N) is 1. The lowest BCUT2D eigenvalue weighted by molar-refractivity contribution is 0.314. The molecule has 0 spiro atoms. The van der Waals surface area contributed by atoms with E-state index in [0.29, 0.717) is 12.6 Å². The van der Waals surface area contributed by atoms with Crippen LogP contribution in [0.4, 0.5) is 5.69 Å². The van der Waals surface area contributed by atoms with Crippen LogP contribution in [-0.4, -0.2) is 38.1 Å². The molecule has 0 aromatic heterocycles. The molecule has 1 aromatic carbocycles. The van der Waals surface area contributed by atoms with Crippen molar-refractivity contribution in [3.63, 3.8) is 0 Å².